The average molecular weight is 421 g/mol. The summed E-state index contributed by atoms with van der Waals surface area (Å²) in [5.74, 6) is 0.494. The highest BCUT2D eigenvalue weighted by molar-refractivity contribution is 6.30. The maximum absolute atomic E-state index is 12.7. The number of rotatable bonds is 4. The Morgan fingerprint density at radius 2 is 2.10 bits per heavy atom. The van der Waals surface area contributed by atoms with E-state index in [1.807, 2.05) is 36.4 Å². The van der Waals surface area contributed by atoms with Crippen molar-refractivity contribution in [1.82, 2.24) is 10.2 Å². The Kier molecular flexibility index (Phi) is 10.2. The Bertz CT molecular complexity index is 690. The Morgan fingerprint density at radius 3 is 2.86 bits per heavy atom. The number of amides is 2. The zero-order valence-electron chi connectivity index (χ0n) is 17.5. The van der Waals surface area contributed by atoms with Crippen LogP contribution in [0, 0.1) is 11.8 Å². The Morgan fingerprint density at radius 1 is 1.28 bits per heavy atom. The topological polar surface area (TPSA) is 58.6 Å². The van der Waals surface area contributed by atoms with Gasteiger partial charge >= 0.3 is 0 Å². The van der Waals surface area contributed by atoms with Crippen molar-refractivity contribution in [3.63, 3.8) is 0 Å². The molecule has 1 atom stereocenters. The number of nitrogens with zero attached hydrogens (tertiary/aromatic N) is 1. The van der Waals surface area contributed by atoms with Crippen LogP contribution in [0.5, 0.6) is 0 Å². The van der Waals surface area contributed by atoms with Crippen LogP contribution in [-0.4, -0.2) is 43.0 Å². The molecule has 160 valence electrons. The summed E-state index contributed by atoms with van der Waals surface area (Å²) in [5, 5.41) is 3.68. The summed E-state index contributed by atoms with van der Waals surface area (Å²) >= 11 is 6.09. The summed E-state index contributed by atoms with van der Waals surface area (Å²) in [7, 11) is 0. The van der Waals surface area contributed by atoms with Crippen LogP contribution >= 0.6 is 11.6 Å². The van der Waals surface area contributed by atoms with E-state index in [4.69, 9.17) is 16.3 Å². The summed E-state index contributed by atoms with van der Waals surface area (Å²) in [6.45, 7) is 6.71. The molecule has 0 saturated carbocycles. The molecular weight excluding hydrogens is 388 g/mol. The average Bonchev–Trinajstić information content (AvgIpc) is 2.67. The van der Waals surface area contributed by atoms with E-state index in [1.54, 1.807) is 4.90 Å². The highest BCUT2D eigenvalue weighted by Gasteiger charge is 2.20. The van der Waals surface area contributed by atoms with Crippen molar-refractivity contribution < 1.29 is 14.3 Å². The molecule has 0 saturated heterocycles. The zero-order chi connectivity index (χ0) is 21.1. The van der Waals surface area contributed by atoms with Crippen molar-refractivity contribution in [3.8, 4) is 0 Å². The molecule has 1 N–H and O–H groups in total. The Balaban J connectivity index is 2.06. The third-order valence-electron chi connectivity index (χ3n) is 4.90. The second-order valence-electron chi connectivity index (χ2n) is 7.95. The summed E-state index contributed by atoms with van der Waals surface area (Å²) in [4.78, 5) is 27.2. The van der Waals surface area contributed by atoms with Crippen molar-refractivity contribution in [2.75, 3.05) is 26.3 Å². The third-order valence-corrected chi connectivity index (χ3v) is 5.14. The monoisotopic (exact) mass is 420 g/mol. The molecule has 0 spiro atoms. The van der Waals surface area contributed by atoms with Crippen LogP contribution in [0.3, 0.4) is 0 Å². The van der Waals surface area contributed by atoms with Gasteiger partial charge in [0, 0.05) is 43.6 Å². The molecule has 0 fully saturated rings. The van der Waals surface area contributed by atoms with Crippen LogP contribution < -0.4 is 5.32 Å². The maximum atomic E-state index is 12.7. The molecule has 5 nitrogen and oxygen atoms in total. The molecule has 6 heteroatoms. The second-order valence-corrected chi connectivity index (χ2v) is 8.38. The lowest BCUT2D eigenvalue weighted by Crippen LogP contribution is -2.40. The van der Waals surface area contributed by atoms with Gasteiger partial charge in [-0.2, -0.15) is 0 Å². The number of benzene rings is 1. The fourth-order valence-electron chi connectivity index (χ4n) is 3.45. The van der Waals surface area contributed by atoms with Crippen molar-refractivity contribution in [2.45, 2.75) is 46.1 Å². The molecule has 1 aliphatic rings. The molecule has 0 radical (unpaired) electrons. The fourth-order valence-corrected chi connectivity index (χ4v) is 3.66. The van der Waals surface area contributed by atoms with Crippen LogP contribution in [0.4, 0.5) is 0 Å². The molecule has 0 aliphatic carbocycles. The number of carbonyl (C=O) groups is 2. The molecule has 1 aromatic rings. The Labute approximate surface area is 179 Å². The van der Waals surface area contributed by atoms with Gasteiger partial charge in [-0.15, -0.1) is 0 Å². The smallest absolute Gasteiger partial charge is 0.223 e. The van der Waals surface area contributed by atoms with Crippen LogP contribution in [0.1, 0.15) is 45.1 Å². The first-order chi connectivity index (χ1) is 14.0. The van der Waals surface area contributed by atoms with E-state index < -0.39 is 0 Å². The standard InChI is InChI=1S/C23H33ClN2O3/c1-18(2)15-20-8-3-4-13-29-14-6-10-22(27)26(12-11-25-23(20)28)17-19-7-5-9-21(24)16-19/h3-5,7,9,16,18,20H,6,8,10-15,17H2,1-2H3,(H,25,28)/b4-3+. The van der Waals surface area contributed by atoms with Crippen LogP contribution in [0.2, 0.25) is 5.02 Å². The maximum Gasteiger partial charge on any atom is 0.223 e. The molecule has 1 aliphatic heterocycles. The number of ether oxygens (including phenoxy) is 1. The summed E-state index contributed by atoms with van der Waals surface area (Å²) in [6, 6.07) is 7.53. The summed E-state index contributed by atoms with van der Waals surface area (Å²) < 4.78 is 5.59. The lowest BCUT2D eigenvalue weighted by atomic mass is 9.93. The molecule has 0 aromatic heterocycles. The van der Waals surface area contributed by atoms with Gasteiger partial charge < -0.3 is 15.0 Å². The number of hydrogen-bond donors (Lipinski definition) is 1. The minimum atomic E-state index is -0.0616. The largest absolute Gasteiger partial charge is 0.377 e. The lowest BCUT2D eigenvalue weighted by molar-refractivity contribution is -0.133. The van der Waals surface area contributed by atoms with Gasteiger partial charge in [0.05, 0.1) is 6.61 Å². The van der Waals surface area contributed by atoms with E-state index >= 15 is 0 Å². The Hall–Kier alpha value is -1.85. The first-order valence-corrected chi connectivity index (χ1v) is 10.9. The van der Waals surface area contributed by atoms with Crippen LogP contribution in [0.15, 0.2) is 36.4 Å². The number of hydrogen-bond acceptors (Lipinski definition) is 3. The van der Waals surface area contributed by atoms with Gasteiger partial charge in [0.15, 0.2) is 0 Å². The van der Waals surface area contributed by atoms with Crippen LogP contribution in [0.25, 0.3) is 0 Å². The van der Waals surface area contributed by atoms with Crippen molar-refractivity contribution in [2.24, 2.45) is 11.8 Å². The van der Waals surface area contributed by atoms with Crippen LogP contribution in [-0.2, 0) is 20.9 Å². The lowest BCUT2D eigenvalue weighted by Gasteiger charge is -2.24. The first-order valence-electron chi connectivity index (χ1n) is 10.5. The van der Waals surface area contributed by atoms with Crippen molar-refractivity contribution in [1.29, 1.82) is 0 Å². The van der Waals surface area contributed by atoms with Gasteiger partial charge in [-0.05, 0) is 42.9 Å². The van der Waals surface area contributed by atoms with E-state index in [1.165, 1.54) is 0 Å². The SMILES string of the molecule is CC(C)CC1C/C=C/COCCCC(=O)N(Cc2cccc(Cl)c2)CCNC1=O. The number of nitrogens with one attached hydrogen (secondary N) is 1. The minimum absolute atomic E-state index is 0.0503. The first kappa shape index (κ1) is 23.4. The highest BCUT2D eigenvalue weighted by Crippen LogP contribution is 2.17. The van der Waals surface area contributed by atoms with Crippen molar-refractivity contribution >= 4 is 23.4 Å². The van der Waals surface area contributed by atoms with E-state index in [0.717, 1.165) is 12.0 Å². The van der Waals surface area contributed by atoms with Gasteiger partial charge in [-0.3, -0.25) is 9.59 Å². The van der Waals surface area contributed by atoms with Gasteiger partial charge in [0.1, 0.15) is 0 Å². The van der Waals surface area contributed by atoms with Crippen molar-refractivity contribution in [3.05, 3.63) is 47.0 Å². The van der Waals surface area contributed by atoms with Gasteiger partial charge in [0.25, 0.3) is 0 Å². The summed E-state index contributed by atoms with van der Waals surface area (Å²) in [6.07, 6.45) is 6.65. The predicted octanol–water partition coefficient (Wildman–Crippen LogP) is 4.20. The molecule has 2 amide bonds. The van der Waals surface area contributed by atoms with Gasteiger partial charge in [-0.25, -0.2) is 0 Å². The normalized spacial score (nSPS) is 21.4. The molecular formula is C23H33ClN2O3. The molecule has 2 rings (SSSR count). The summed E-state index contributed by atoms with van der Waals surface area (Å²) in [5.41, 5.74) is 0.980. The molecule has 1 unspecified atom stereocenters. The molecule has 29 heavy (non-hydrogen) atoms. The van der Waals surface area contributed by atoms with E-state index in [-0.39, 0.29) is 17.7 Å². The van der Waals surface area contributed by atoms with E-state index in [0.29, 0.717) is 63.1 Å². The highest BCUT2D eigenvalue weighted by atomic mass is 35.5. The number of allylic oxidation sites excluding steroid dienone is 1. The molecule has 1 aromatic carbocycles. The second kappa shape index (κ2) is 12.7. The minimum Gasteiger partial charge on any atom is -0.377 e. The van der Waals surface area contributed by atoms with E-state index in [2.05, 4.69) is 19.2 Å². The zero-order valence-corrected chi connectivity index (χ0v) is 18.3. The third kappa shape index (κ3) is 9.01. The quantitative estimate of drug-likeness (QED) is 0.742. The van der Waals surface area contributed by atoms with E-state index in [9.17, 15) is 9.59 Å². The number of halogens is 1. The van der Waals surface area contributed by atoms with Gasteiger partial charge in [-0.1, -0.05) is 49.7 Å². The number of carbonyl (C=O) groups excluding carboxylic acids is 2. The molecule has 1 heterocycles. The molecule has 0 bridgehead atoms. The predicted molar refractivity (Wildman–Crippen MR) is 117 cm³/mol. The van der Waals surface area contributed by atoms with Gasteiger partial charge in [0.2, 0.25) is 11.8 Å². The fraction of sp³-hybridized carbons (Fsp3) is 0.565.